The normalized spacial score (nSPS) is 20.4. The van der Waals surface area contributed by atoms with E-state index in [2.05, 4.69) is 5.16 Å². The Hall–Kier alpha value is -1.34. The van der Waals surface area contributed by atoms with Crippen LogP contribution in [0.1, 0.15) is 6.92 Å². The summed E-state index contributed by atoms with van der Waals surface area (Å²) >= 11 is 0. The molecule has 98 valence electrons. The minimum Gasteiger partial charge on any atom is -0.409 e. The monoisotopic (exact) mass is 244 g/mol. The third kappa shape index (κ3) is 3.86. The van der Waals surface area contributed by atoms with E-state index in [0.29, 0.717) is 19.6 Å². The third-order valence-corrected chi connectivity index (χ3v) is 2.90. The molecule has 7 heteroatoms. The number of ether oxygens (including phenoxy) is 1. The summed E-state index contributed by atoms with van der Waals surface area (Å²) in [5.41, 5.74) is 5.43. The average molecular weight is 244 g/mol. The number of methoxy groups -OCH3 is 1. The molecule has 0 bridgehead atoms. The van der Waals surface area contributed by atoms with Crippen LogP contribution in [0.5, 0.6) is 0 Å². The van der Waals surface area contributed by atoms with Gasteiger partial charge >= 0.3 is 0 Å². The Morgan fingerprint density at radius 3 is 2.53 bits per heavy atom. The molecule has 17 heavy (non-hydrogen) atoms. The molecule has 1 saturated heterocycles. The molecule has 1 fully saturated rings. The lowest BCUT2D eigenvalue weighted by atomic mass is 10.2. The van der Waals surface area contributed by atoms with Gasteiger partial charge in [-0.2, -0.15) is 0 Å². The maximum atomic E-state index is 11.8. The standard InChI is InChI=1S/C10H20N4O3/c1-8(17-2)10(15)14-5-3-13(4-6-14)7-9(11)12-16/h8,16H,3-7H2,1-2H3,(H2,11,12). The highest BCUT2D eigenvalue weighted by Gasteiger charge is 2.24. The highest BCUT2D eigenvalue weighted by Crippen LogP contribution is 2.05. The van der Waals surface area contributed by atoms with Crippen LogP contribution in [0.2, 0.25) is 0 Å². The summed E-state index contributed by atoms with van der Waals surface area (Å²) < 4.78 is 5.00. The maximum absolute atomic E-state index is 11.8. The number of hydrogen-bond donors (Lipinski definition) is 2. The lowest BCUT2D eigenvalue weighted by Crippen LogP contribution is -2.52. The van der Waals surface area contributed by atoms with Crippen LogP contribution in [0.15, 0.2) is 5.16 Å². The van der Waals surface area contributed by atoms with E-state index in [4.69, 9.17) is 15.7 Å². The lowest BCUT2D eigenvalue weighted by Gasteiger charge is -2.35. The second kappa shape index (κ2) is 6.41. The summed E-state index contributed by atoms with van der Waals surface area (Å²) in [6, 6.07) is 0. The number of nitrogens with zero attached hydrogens (tertiary/aromatic N) is 3. The Labute approximate surface area is 101 Å². The van der Waals surface area contributed by atoms with E-state index in [1.54, 1.807) is 11.8 Å². The lowest BCUT2D eigenvalue weighted by molar-refractivity contribution is -0.142. The van der Waals surface area contributed by atoms with Crippen LogP contribution in [-0.4, -0.2) is 72.7 Å². The van der Waals surface area contributed by atoms with Crippen molar-refractivity contribution >= 4 is 11.7 Å². The number of amidine groups is 1. The first-order valence-corrected chi connectivity index (χ1v) is 5.58. The van der Waals surface area contributed by atoms with E-state index < -0.39 is 6.10 Å². The number of carbonyl (C=O) groups is 1. The number of carbonyl (C=O) groups excluding carboxylic acids is 1. The molecule has 1 heterocycles. The quantitative estimate of drug-likeness (QED) is 0.284. The Morgan fingerprint density at radius 1 is 1.47 bits per heavy atom. The highest BCUT2D eigenvalue weighted by molar-refractivity contribution is 5.82. The smallest absolute Gasteiger partial charge is 0.251 e. The zero-order chi connectivity index (χ0) is 12.8. The summed E-state index contributed by atoms with van der Waals surface area (Å²) in [7, 11) is 1.53. The summed E-state index contributed by atoms with van der Waals surface area (Å²) in [5, 5.41) is 11.4. The van der Waals surface area contributed by atoms with Crippen LogP contribution in [0.25, 0.3) is 0 Å². The van der Waals surface area contributed by atoms with E-state index in [9.17, 15) is 4.79 Å². The van der Waals surface area contributed by atoms with E-state index in [-0.39, 0.29) is 11.7 Å². The van der Waals surface area contributed by atoms with Gasteiger partial charge in [-0.3, -0.25) is 9.69 Å². The molecule has 0 aromatic heterocycles. The van der Waals surface area contributed by atoms with Gasteiger partial charge in [0.25, 0.3) is 5.91 Å². The fraction of sp³-hybridized carbons (Fsp3) is 0.800. The molecule has 1 unspecified atom stereocenters. The molecule has 0 aliphatic carbocycles. The van der Waals surface area contributed by atoms with Gasteiger partial charge < -0.3 is 20.6 Å². The summed E-state index contributed by atoms with van der Waals surface area (Å²) in [4.78, 5) is 15.6. The van der Waals surface area contributed by atoms with Gasteiger partial charge in [0.05, 0.1) is 6.54 Å². The zero-order valence-electron chi connectivity index (χ0n) is 10.3. The van der Waals surface area contributed by atoms with E-state index in [1.165, 1.54) is 7.11 Å². The number of amides is 1. The molecule has 1 rings (SSSR count). The fourth-order valence-corrected chi connectivity index (χ4v) is 1.75. The van der Waals surface area contributed by atoms with Crippen molar-refractivity contribution in [3.8, 4) is 0 Å². The van der Waals surface area contributed by atoms with Crippen molar-refractivity contribution in [1.82, 2.24) is 9.80 Å². The molecule has 0 aromatic rings. The van der Waals surface area contributed by atoms with Gasteiger partial charge in [-0.25, -0.2) is 0 Å². The molecular formula is C10H20N4O3. The van der Waals surface area contributed by atoms with Crippen LogP contribution in [-0.2, 0) is 9.53 Å². The molecule has 0 radical (unpaired) electrons. The molecule has 3 N–H and O–H groups in total. The van der Waals surface area contributed by atoms with Gasteiger partial charge in [-0.15, -0.1) is 0 Å². The maximum Gasteiger partial charge on any atom is 0.251 e. The molecule has 0 aromatic carbocycles. The third-order valence-electron chi connectivity index (χ3n) is 2.90. The van der Waals surface area contributed by atoms with Crippen LogP contribution < -0.4 is 5.73 Å². The summed E-state index contributed by atoms with van der Waals surface area (Å²) in [6.07, 6.45) is -0.398. The zero-order valence-corrected chi connectivity index (χ0v) is 10.3. The Kier molecular flexibility index (Phi) is 5.17. The molecule has 7 nitrogen and oxygen atoms in total. The molecule has 1 aliphatic heterocycles. The van der Waals surface area contributed by atoms with Gasteiger partial charge in [-0.1, -0.05) is 5.16 Å². The van der Waals surface area contributed by atoms with E-state index >= 15 is 0 Å². The van der Waals surface area contributed by atoms with Gasteiger partial charge in [-0.05, 0) is 6.92 Å². The van der Waals surface area contributed by atoms with Gasteiger partial charge in [0, 0.05) is 33.3 Å². The van der Waals surface area contributed by atoms with Crippen LogP contribution >= 0.6 is 0 Å². The first-order chi connectivity index (χ1) is 8.08. The SMILES string of the molecule is COC(C)C(=O)N1CCN(CC(N)=NO)CC1. The van der Waals surface area contributed by atoms with Crippen LogP contribution in [0, 0.1) is 0 Å². The van der Waals surface area contributed by atoms with E-state index in [0.717, 1.165) is 13.1 Å². The minimum absolute atomic E-state index is 0.0101. The first-order valence-electron chi connectivity index (χ1n) is 5.58. The van der Waals surface area contributed by atoms with Crippen molar-refractivity contribution in [1.29, 1.82) is 0 Å². The van der Waals surface area contributed by atoms with Gasteiger partial charge in [0.15, 0.2) is 5.84 Å². The highest BCUT2D eigenvalue weighted by atomic mass is 16.5. The summed E-state index contributed by atoms with van der Waals surface area (Å²) in [6.45, 7) is 4.90. The van der Waals surface area contributed by atoms with Crippen molar-refractivity contribution in [2.45, 2.75) is 13.0 Å². The van der Waals surface area contributed by atoms with Crippen molar-refractivity contribution in [2.75, 3.05) is 39.8 Å². The Bertz CT molecular complexity index is 287. The molecule has 0 spiro atoms. The topological polar surface area (TPSA) is 91.4 Å². The number of piperazine rings is 1. The molecular weight excluding hydrogens is 224 g/mol. The number of hydrogen-bond acceptors (Lipinski definition) is 5. The first kappa shape index (κ1) is 13.7. The fourth-order valence-electron chi connectivity index (χ4n) is 1.75. The predicted molar refractivity (Wildman–Crippen MR) is 62.9 cm³/mol. The second-order valence-corrected chi connectivity index (χ2v) is 4.07. The molecule has 0 saturated carbocycles. The molecule has 1 amide bonds. The van der Waals surface area contributed by atoms with Crippen molar-refractivity contribution in [3.63, 3.8) is 0 Å². The van der Waals surface area contributed by atoms with Gasteiger partial charge in [0.2, 0.25) is 0 Å². The number of nitrogens with two attached hydrogens (primary N) is 1. The largest absolute Gasteiger partial charge is 0.409 e. The number of oxime groups is 1. The van der Waals surface area contributed by atoms with Crippen LogP contribution in [0.4, 0.5) is 0 Å². The van der Waals surface area contributed by atoms with Crippen LogP contribution in [0.3, 0.4) is 0 Å². The second-order valence-electron chi connectivity index (χ2n) is 4.07. The number of rotatable bonds is 4. The molecule has 1 atom stereocenters. The Morgan fingerprint density at radius 2 is 2.06 bits per heavy atom. The summed E-state index contributed by atoms with van der Waals surface area (Å²) in [5.74, 6) is 0.200. The van der Waals surface area contributed by atoms with Crippen molar-refractivity contribution < 1.29 is 14.7 Å². The predicted octanol–water partition coefficient (Wildman–Crippen LogP) is -1.09. The molecule has 1 aliphatic rings. The average Bonchev–Trinajstić information content (AvgIpc) is 2.37. The van der Waals surface area contributed by atoms with E-state index in [1.807, 2.05) is 4.90 Å². The minimum atomic E-state index is -0.398. The Balaban J connectivity index is 2.38. The van der Waals surface area contributed by atoms with Crippen molar-refractivity contribution in [3.05, 3.63) is 0 Å². The van der Waals surface area contributed by atoms with Crippen molar-refractivity contribution in [2.24, 2.45) is 10.9 Å². The van der Waals surface area contributed by atoms with Gasteiger partial charge in [0.1, 0.15) is 6.10 Å².